The summed E-state index contributed by atoms with van der Waals surface area (Å²) in [6.45, 7) is 4.06. The largest absolute Gasteiger partial charge is 0.497 e. The van der Waals surface area contributed by atoms with Crippen molar-refractivity contribution in [1.29, 1.82) is 5.26 Å². The lowest BCUT2D eigenvalue weighted by atomic mass is 9.69. The van der Waals surface area contributed by atoms with E-state index in [0.717, 1.165) is 5.56 Å². The lowest BCUT2D eigenvalue weighted by molar-refractivity contribution is -0.118. The third-order valence-electron chi connectivity index (χ3n) is 6.95. The molecule has 1 aromatic carbocycles. The minimum atomic E-state index is -0.612. The minimum Gasteiger partial charge on any atom is -0.497 e. The number of methoxy groups -OCH3 is 2. The van der Waals surface area contributed by atoms with Gasteiger partial charge in [-0.3, -0.25) is 19.5 Å². The maximum atomic E-state index is 13.6. The van der Waals surface area contributed by atoms with Gasteiger partial charge in [0.15, 0.2) is 10.1 Å². The fourth-order valence-electron chi connectivity index (χ4n) is 5.16. The Morgan fingerprint density at radius 3 is 2.62 bits per heavy atom. The summed E-state index contributed by atoms with van der Waals surface area (Å²) < 4.78 is 11.1. The van der Waals surface area contributed by atoms with E-state index in [9.17, 15) is 14.9 Å². The maximum absolute atomic E-state index is 13.6. The average molecular weight is 604 g/mol. The number of thioether (sulfide) groups is 1. The van der Waals surface area contributed by atoms with E-state index in [1.54, 1.807) is 41.6 Å². The van der Waals surface area contributed by atoms with E-state index in [0.29, 0.717) is 50.8 Å². The molecule has 0 radical (unpaired) electrons. The molecule has 2 aliphatic rings. The van der Waals surface area contributed by atoms with Crippen LogP contribution in [0.5, 0.6) is 11.5 Å². The molecule has 0 fully saturated rings. The summed E-state index contributed by atoms with van der Waals surface area (Å²) in [5, 5.41) is 22.1. The Morgan fingerprint density at radius 1 is 1.24 bits per heavy atom. The van der Waals surface area contributed by atoms with Crippen molar-refractivity contribution in [2.24, 2.45) is 11.1 Å². The molecule has 42 heavy (non-hydrogen) atoms. The number of carbonyl (C=O) groups is 2. The summed E-state index contributed by atoms with van der Waals surface area (Å²) in [6.07, 6.45) is 4.21. The number of hydrogen-bond donors (Lipinski definition) is 2. The number of nitrogens with two attached hydrogens (primary N) is 1. The molecule has 11 nitrogen and oxygen atoms in total. The van der Waals surface area contributed by atoms with Crippen molar-refractivity contribution >= 4 is 45.6 Å². The van der Waals surface area contributed by atoms with Gasteiger partial charge in [0.25, 0.3) is 0 Å². The molecule has 1 unspecified atom stereocenters. The standard InChI is InChI=1S/C29H29N7O4S2/c1-29(2)11-21-25(22(37)12-29)24(16-6-5-7-32-14-16)20(13-30)26(31)36(21)27-34-35-28(42-27)41-15-23(38)33-17-8-18(39-3)10-19(9-17)40-4/h5-10,14,24H,11-12,15,31H2,1-4H3,(H,33,38). The Kier molecular flexibility index (Phi) is 8.20. The van der Waals surface area contributed by atoms with Crippen LogP contribution in [-0.4, -0.2) is 46.8 Å². The van der Waals surface area contributed by atoms with Gasteiger partial charge in [0.1, 0.15) is 17.3 Å². The van der Waals surface area contributed by atoms with Crippen molar-refractivity contribution in [1.82, 2.24) is 15.2 Å². The summed E-state index contributed by atoms with van der Waals surface area (Å²) in [5.74, 6) is 0.487. The van der Waals surface area contributed by atoms with Crippen LogP contribution in [0.3, 0.4) is 0 Å². The van der Waals surface area contributed by atoms with E-state index in [1.165, 1.54) is 37.3 Å². The molecule has 3 aromatic rings. The Hall–Kier alpha value is -4.41. The SMILES string of the molecule is COc1cc(NC(=O)CSc2nnc(N3C(N)=C(C#N)C(c4cccnc4)C4=C3CC(C)(C)CC4=O)s2)cc(OC)c1. The second-order valence-electron chi connectivity index (χ2n) is 10.6. The lowest BCUT2D eigenvalue weighted by Crippen LogP contribution is -2.42. The zero-order chi connectivity index (χ0) is 30.0. The molecule has 1 amide bonds. The number of pyridine rings is 1. The number of aromatic nitrogens is 3. The average Bonchev–Trinajstić information content (AvgIpc) is 3.43. The molecular weight excluding hydrogens is 574 g/mol. The van der Waals surface area contributed by atoms with Crippen molar-refractivity contribution in [3.8, 4) is 17.6 Å². The highest BCUT2D eigenvalue weighted by atomic mass is 32.2. The number of ketones is 1. The van der Waals surface area contributed by atoms with E-state index in [1.807, 2.05) is 19.9 Å². The van der Waals surface area contributed by atoms with E-state index >= 15 is 0 Å². The van der Waals surface area contributed by atoms with E-state index in [-0.39, 0.29) is 34.3 Å². The molecule has 0 saturated carbocycles. The number of carbonyl (C=O) groups excluding carboxylic acids is 2. The van der Waals surface area contributed by atoms with Crippen molar-refractivity contribution in [3.63, 3.8) is 0 Å². The molecule has 1 aliphatic carbocycles. The number of rotatable bonds is 8. The quantitative estimate of drug-likeness (QED) is 0.346. The predicted molar refractivity (Wildman–Crippen MR) is 160 cm³/mol. The Labute approximate surface area is 251 Å². The number of nitrogens with zero attached hydrogens (tertiary/aromatic N) is 5. The fraction of sp³-hybridized carbons (Fsp3) is 0.310. The van der Waals surface area contributed by atoms with Crippen LogP contribution in [0, 0.1) is 16.7 Å². The maximum Gasteiger partial charge on any atom is 0.234 e. The first-order chi connectivity index (χ1) is 20.1. The molecule has 3 N–H and O–H groups in total. The van der Waals surface area contributed by atoms with Crippen molar-refractivity contribution in [3.05, 3.63) is 71.0 Å². The Balaban J connectivity index is 1.42. The normalized spacial score (nSPS) is 17.9. The molecule has 1 aliphatic heterocycles. The van der Waals surface area contributed by atoms with Crippen LogP contribution in [-0.2, 0) is 9.59 Å². The number of ether oxygens (including phenoxy) is 2. The molecule has 13 heteroatoms. The van der Waals surface area contributed by atoms with Gasteiger partial charge in [-0.1, -0.05) is 43.0 Å². The first kappa shape index (κ1) is 29.1. The van der Waals surface area contributed by atoms with E-state index in [2.05, 4.69) is 26.6 Å². The number of amides is 1. The van der Waals surface area contributed by atoms with Crippen LogP contribution in [0.4, 0.5) is 10.8 Å². The van der Waals surface area contributed by atoms with Gasteiger partial charge in [-0.25, -0.2) is 0 Å². The highest BCUT2D eigenvalue weighted by Gasteiger charge is 2.45. The highest BCUT2D eigenvalue weighted by Crippen LogP contribution is 2.50. The van der Waals surface area contributed by atoms with Crippen LogP contribution >= 0.6 is 23.1 Å². The van der Waals surface area contributed by atoms with Crippen LogP contribution in [0.15, 0.2) is 69.7 Å². The van der Waals surface area contributed by atoms with Gasteiger partial charge in [0.2, 0.25) is 11.0 Å². The topological polar surface area (TPSA) is 156 Å². The van der Waals surface area contributed by atoms with Gasteiger partial charge in [-0.05, 0) is 23.5 Å². The smallest absolute Gasteiger partial charge is 0.234 e. The van der Waals surface area contributed by atoms with Crippen LogP contribution in [0.25, 0.3) is 0 Å². The van der Waals surface area contributed by atoms with Gasteiger partial charge in [-0.2, -0.15) is 5.26 Å². The zero-order valence-corrected chi connectivity index (χ0v) is 25.1. The number of benzene rings is 1. The van der Waals surface area contributed by atoms with Gasteiger partial charge >= 0.3 is 0 Å². The third-order valence-corrected chi connectivity index (χ3v) is 8.99. The molecule has 1 atom stereocenters. The zero-order valence-electron chi connectivity index (χ0n) is 23.5. The second kappa shape index (κ2) is 11.8. The van der Waals surface area contributed by atoms with Gasteiger partial charge in [-0.15, -0.1) is 10.2 Å². The predicted octanol–water partition coefficient (Wildman–Crippen LogP) is 4.62. The summed E-state index contributed by atoms with van der Waals surface area (Å²) >= 11 is 2.45. The molecule has 0 bridgehead atoms. The second-order valence-corrected chi connectivity index (χ2v) is 12.7. The molecule has 3 heterocycles. The first-order valence-electron chi connectivity index (χ1n) is 13.0. The van der Waals surface area contributed by atoms with Crippen molar-refractivity contribution in [2.75, 3.05) is 30.2 Å². The third kappa shape index (κ3) is 5.81. The van der Waals surface area contributed by atoms with E-state index < -0.39 is 5.92 Å². The highest BCUT2D eigenvalue weighted by molar-refractivity contribution is 8.01. The van der Waals surface area contributed by atoms with Crippen molar-refractivity contribution in [2.45, 2.75) is 36.9 Å². The fourth-order valence-corrected chi connectivity index (χ4v) is 6.84. The number of nitriles is 1. The van der Waals surface area contributed by atoms with Crippen molar-refractivity contribution < 1.29 is 19.1 Å². The van der Waals surface area contributed by atoms with Gasteiger partial charge in [0, 0.05) is 54.0 Å². The Bertz CT molecular complexity index is 1620. The molecule has 2 aromatic heterocycles. The van der Waals surface area contributed by atoms with Crippen LogP contribution in [0.2, 0.25) is 0 Å². The minimum absolute atomic E-state index is 0.0367. The van der Waals surface area contributed by atoms with Crippen LogP contribution in [0.1, 0.15) is 38.2 Å². The van der Waals surface area contributed by atoms with E-state index in [4.69, 9.17) is 15.2 Å². The number of allylic oxidation sites excluding steroid dienone is 3. The molecule has 216 valence electrons. The number of Topliss-reactive ketones (excluding diaryl/α,β-unsaturated/α-hetero) is 1. The summed E-state index contributed by atoms with van der Waals surface area (Å²) in [4.78, 5) is 32.2. The number of hydrogen-bond acceptors (Lipinski definition) is 12. The van der Waals surface area contributed by atoms with Gasteiger partial charge < -0.3 is 20.5 Å². The molecular formula is C29H29N7O4S2. The van der Waals surface area contributed by atoms with Crippen LogP contribution < -0.4 is 25.4 Å². The number of nitrogens with one attached hydrogen (secondary N) is 1. The summed E-state index contributed by atoms with van der Waals surface area (Å²) in [5.41, 5.74) is 9.11. The Morgan fingerprint density at radius 2 is 1.98 bits per heavy atom. The van der Waals surface area contributed by atoms with Gasteiger partial charge in [0.05, 0.1) is 37.5 Å². The lowest BCUT2D eigenvalue weighted by Gasteiger charge is -2.42. The summed E-state index contributed by atoms with van der Waals surface area (Å²) in [7, 11) is 3.07. The summed E-state index contributed by atoms with van der Waals surface area (Å²) in [6, 6.07) is 11.0. The number of anilines is 2. The monoisotopic (exact) mass is 603 g/mol. The molecule has 5 rings (SSSR count). The molecule has 0 saturated heterocycles. The molecule has 0 spiro atoms. The first-order valence-corrected chi connectivity index (χ1v) is 14.8.